The molecule has 3 rings (SSSR count). The van der Waals surface area contributed by atoms with Gasteiger partial charge in [0.15, 0.2) is 0 Å². The monoisotopic (exact) mass is 644 g/mol. The van der Waals surface area contributed by atoms with Crippen molar-refractivity contribution in [1.29, 1.82) is 0 Å². The summed E-state index contributed by atoms with van der Waals surface area (Å²) in [6.07, 6.45) is 1.93. The molecule has 0 spiro atoms. The number of carbonyl (C=O) groups is 1. The Morgan fingerprint density at radius 1 is 1.10 bits per heavy atom. The molecule has 1 amide bonds. The largest absolute Gasteiger partial charge is 0.487 e. The number of hydrogen-bond donors (Lipinski definition) is 1. The van der Waals surface area contributed by atoms with Gasteiger partial charge in [-0.3, -0.25) is 4.79 Å². The van der Waals surface area contributed by atoms with E-state index in [0.29, 0.717) is 18.1 Å². The van der Waals surface area contributed by atoms with Crippen molar-refractivity contribution < 1.29 is 9.53 Å². The van der Waals surface area contributed by atoms with Gasteiger partial charge in [0, 0.05) is 10.6 Å². The first-order valence-corrected chi connectivity index (χ1v) is 11.7. The molecule has 3 aromatic carbocycles. The number of halogens is 3. The first kappa shape index (κ1) is 23.0. The SMILES string of the molecule is Cc1ccc(CC(=O)N/N=C/c2cc(I)c(OCc3ccccc3Cl)c(I)c2)cc1. The van der Waals surface area contributed by atoms with Crippen molar-refractivity contribution in [3.8, 4) is 5.75 Å². The summed E-state index contributed by atoms with van der Waals surface area (Å²) >= 11 is 10.7. The van der Waals surface area contributed by atoms with E-state index in [1.165, 1.54) is 5.56 Å². The molecule has 4 nitrogen and oxygen atoms in total. The zero-order chi connectivity index (χ0) is 21.5. The number of rotatable bonds is 7. The Balaban J connectivity index is 1.59. The summed E-state index contributed by atoms with van der Waals surface area (Å²) in [7, 11) is 0. The zero-order valence-corrected chi connectivity index (χ0v) is 21.2. The van der Waals surface area contributed by atoms with Crippen molar-refractivity contribution in [1.82, 2.24) is 5.43 Å². The van der Waals surface area contributed by atoms with E-state index in [0.717, 1.165) is 29.6 Å². The van der Waals surface area contributed by atoms with Crippen molar-refractivity contribution in [3.63, 3.8) is 0 Å². The molecule has 0 aliphatic heterocycles. The van der Waals surface area contributed by atoms with Gasteiger partial charge in [0.25, 0.3) is 0 Å². The quantitative estimate of drug-likeness (QED) is 0.191. The molecular weight excluding hydrogens is 626 g/mol. The fourth-order valence-electron chi connectivity index (χ4n) is 2.67. The molecule has 0 atom stereocenters. The molecule has 0 aliphatic rings. The highest BCUT2D eigenvalue weighted by molar-refractivity contribution is 14.1. The highest BCUT2D eigenvalue weighted by atomic mass is 127. The van der Waals surface area contributed by atoms with Gasteiger partial charge in [0.2, 0.25) is 5.91 Å². The van der Waals surface area contributed by atoms with Crippen molar-refractivity contribution >= 4 is 68.9 Å². The number of amides is 1. The van der Waals surface area contributed by atoms with Gasteiger partial charge < -0.3 is 4.74 Å². The lowest BCUT2D eigenvalue weighted by atomic mass is 10.1. The molecule has 30 heavy (non-hydrogen) atoms. The maximum Gasteiger partial charge on any atom is 0.244 e. The predicted molar refractivity (Wildman–Crippen MR) is 138 cm³/mol. The van der Waals surface area contributed by atoms with Gasteiger partial charge in [0.1, 0.15) is 12.4 Å². The molecule has 1 N–H and O–H groups in total. The van der Waals surface area contributed by atoms with Gasteiger partial charge in [-0.2, -0.15) is 5.10 Å². The Kier molecular flexibility index (Phi) is 8.52. The van der Waals surface area contributed by atoms with E-state index in [-0.39, 0.29) is 5.91 Å². The van der Waals surface area contributed by atoms with Crippen LogP contribution in [0.1, 0.15) is 22.3 Å². The Labute approximate surface area is 208 Å². The molecule has 0 unspecified atom stereocenters. The Hall–Kier alpha value is -1.65. The van der Waals surface area contributed by atoms with Crippen LogP contribution in [0.25, 0.3) is 0 Å². The lowest BCUT2D eigenvalue weighted by molar-refractivity contribution is -0.120. The Bertz CT molecular complexity index is 1050. The molecule has 0 aromatic heterocycles. The summed E-state index contributed by atoms with van der Waals surface area (Å²) in [6, 6.07) is 19.4. The lowest BCUT2D eigenvalue weighted by Gasteiger charge is -2.12. The third-order valence-electron chi connectivity index (χ3n) is 4.24. The van der Waals surface area contributed by atoms with Gasteiger partial charge in [-0.05, 0) is 81.4 Å². The second-order valence-corrected chi connectivity index (χ2v) is 9.38. The summed E-state index contributed by atoms with van der Waals surface area (Å²) in [5.41, 5.74) is 6.52. The summed E-state index contributed by atoms with van der Waals surface area (Å²) in [5.74, 6) is 0.649. The molecule has 7 heteroatoms. The van der Waals surface area contributed by atoms with Gasteiger partial charge in [-0.15, -0.1) is 0 Å². The second-order valence-electron chi connectivity index (χ2n) is 6.65. The number of benzene rings is 3. The van der Waals surface area contributed by atoms with Crippen LogP contribution < -0.4 is 10.2 Å². The third kappa shape index (κ3) is 6.68. The fraction of sp³-hybridized carbons (Fsp3) is 0.130. The summed E-state index contributed by atoms with van der Waals surface area (Å²) < 4.78 is 7.91. The number of carbonyl (C=O) groups excluding carboxylic acids is 1. The van der Waals surface area contributed by atoms with Gasteiger partial charge in [-0.25, -0.2) is 5.43 Å². The fourth-order valence-corrected chi connectivity index (χ4v) is 4.98. The summed E-state index contributed by atoms with van der Waals surface area (Å²) in [6.45, 7) is 2.41. The van der Waals surface area contributed by atoms with E-state index < -0.39 is 0 Å². The summed E-state index contributed by atoms with van der Waals surface area (Å²) in [4.78, 5) is 12.1. The average molecular weight is 645 g/mol. The van der Waals surface area contributed by atoms with Crippen molar-refractivity contribution in [2.75, 3.05) is 0 Å². The number of nitrogens with one attached hydrogen (secondary N) is 1. The molecule has 3 aromatic rings. The highest BCUT2D eigenvalue weighted by Crippen LogP contribution is 2.30. The van der Waals surface area contributed by atoms with Crippen LogP contribution in [0.2, 0.25) is 5.02 Å². The number of nitrogens with zero attached hydrogens (tertiary/aromatic N) is 1. The van der Waals surface area contributed by atoms with Crippen LogP contribution in [0.4, 0.5) is 0 Å². The average Bonchev–Trinajstić information content (AvgIpc) is 2.70. The van der Waals surface area contributed by atoms with Crippen LogP contribution in [-0.4, -0.2) is 12.1 Å². The topological polar surface area (TPSA) is 50.7 Å². The molecular formula is C23H19ClI2N2O2. The van der Waals surface area contributed by atoms with E-state index in [1.54, 1.807) is 6.21 Å². The first-order chi connectivity index (χ1) is 14.4. The van der Waals surface area contributed by atoms with Crippen LogP contribution >= 0.6 is 56.8 Å². The number of ether oxygens (including phenoxy) is 1. The molecule has 0 radical (unpaired) electrons. The van der Waals surface area contributed by atoms with Gasteiger partial charge >= 0.3 is 0 Å². The molecule has 0 heterocycles. The minimum atomic E-state index is -0.154. The first-order valence-electron chi connectivity index (χ1n) is 9.15. The van der Waals surface area contributed by atoms with E-state index in [4.69, 9.17) is 16.3 Å². The normalized spacial score (nSPS) is 10.9. The number of hydrazone groups is 1. The lowest BCUT2D eigenvalue weighted by Crippen LogP contribution is -2.19. The van der Waals surface area contributed by atoms with Crippen LogP contribution in [0.5, 0.6) is 5.75 Å². The van der Waals surface area contributed by atoms with Crippen LogP contribution in [0.15, 0.2) is 65.8 Å². The standard InChI is InChI=1S/C23H19ClI2N2O2/c1-15-6-8-16(9-7-15)12-22(29)28-27-13-17-10-20(25)23(21(26)11-17)30-14-18-4-2-3-5-19(18)24/h2-11,13H,12,14H2,1H3,(H,28,29)/b27-13+. The van der Waals surface area contributed by atoms with Crippen molar-refractivity contribution in [2.45, 2.75) is 20.0 Å². The van der Waals surface area contributed by atoms with E-state index in [9.17, 15) is 4.79 Å². The second kappa shape index (κ2) is 11.1. The number of hydrogen-bond acceptors (Lipinski definition) is 3. The molecule has 0 saturated carbocycles. The summed E-state index contributed by atoms with van der Waals surface area (Å²) in [5, 5.41) is 4.77. The molecule has 0 fully saturated rings. The predicted octanol–water partition coefficient (Wildman–Crippen LogP) is 6.13. The maximum absolute atomic E-state index is 12.1. The van der Waals surface area contributed by atoms with Crippen molar-refractivity contribution in [3.05, 3.63) is 95.1 Å². The van der Waals surface area contributed by atoms with E-state index in [2.05, 4.69) is 55.7 Å². The van der Waals surface area contributed by atoms with Crippen LogP contribution in [0.3, 0.4) is 0 Å². The smallest absolute Gasteiger partial charge is 0.244 e. The third-order valence-corrected chi connectivity index (χ3v) is 6.21. The van der Waals surface area contributed by atoms with Gasteiger partial charge in [0.05, 0.1) is 19.8 Å². The molecule has 154 valence electrons. The maximum atomic E-state index is 12.1. The minimum absolute atomic E-state index is 0.154. The zero-order valence-electron chi connectivity index (χ0n) is 16.2. The minimum Gasteiger partial charge on any atom is -0.487 e. The number of aryl methyl sites for hydroxylation is 1. The van der Waals surface area contributed by atoms with Crippen LogP contribution in [0, 0.1) is 14.1 Å². The van der Waals surface area contributed by atoms with E-state index in [1.807, 2.05) is 67.6 Å². The molecule has 0 aliphatic carbocycles. The molecule has 0 bridgehead atoms. The Morgan fingerprint density at radius 2 is 1.77 bits per heavy atom. The van der Waals surface area contributed by atoms with E-state index >= 15 is 0 Å². The highest BCUT2D eigenvalue weighted by Gasteiger charge is 2.10. The molecule has 0 saturated heterocycles. The Morgan fingerprint density at radius 3 is 2.43 bits per heavy atom. The van der Waals surface area contributed by atoms with Crippen LogP contribution in [-0.2, 0) is 17.8 Å². The van der Waals surface area contributed by atoms with Gasteiger partial charge in [-0.1, -0.05) is 59.6 Å². The van der Waals surface area contributed by atoms with Crippen molar-refractivity contribution in [2.24, 2.45) is 5.10 Å².